The number of amides is 1. The number of hydrogen-bond donors (Lipinski definition) is 1. The van der Waals surface area contributed by atoms with Crippen LogP contribution in [-0.2, 0) is 11.3 Å². The maximum absolute atomic E-state index is 14.4. The van der Waals surface area contributed by atoms with Crippen LogP contribution in [0.15, 0.2) is 76.5 Å². The molecule has 8 heteroatoms. The lowest BCUT2D eigenvalue weighted by Crippen LogP contribution is -2.15. The third-order valence-electron chi connectivity index (χ3n) is 5.43. The maximum Gasteiger partial charge on any atom is 0.234 e. The number of carbonyl (C=O) groups is 1. The molecule has 6 nitrogen and oxygen atoms in total. The predicted octanol–water partition coefficient (Wildman–Crippen LogP) is 5.97. The van der Waals surface area contributed by atoms with E-state index in [2.05, 4.69) is 29.4 Å². The van der Waals surface area contributed by atoms with Gasteiger partial charge in [-0.2, -0.15) is 0 Å². The quantitative estimate of drug-likeness (QED) is 0.309. The van der Waals surface area contributed by atoms with E-state index in [1.165, 1.54) is 23.4 Å². The van der Waals surface area contributed by atoms with Gasteiger partial charge in [0.15, 0.2) is 11.0 Å². The van der Waals surface area contributed by atoms with Crippen molar-refractivity contribution >= 4 is 23.4 Å². The fraction of sp³-hybridized carbons (Fsp3) is 0.240. The van der Waals surface area contributed by atoms with Crippen molar-refractivity contribution in [2.75, 3.05) is 11.1 Å². The van der Waals surface area contributed by atoms with E-state index in [4.69, 9.17) is 4.42 Å². The Morgan fingerprint density at radius 1 is 1.12 bits per heavy atom. The molecule has 1 atom stereocenters. The molecule has 1 N–H and O–H groups in total. The second kappa shape index (κ2) is 10.5. The molecular formula is C25H25FN4O2S. The van der Waals surface area contributed by atoms with Gasteiger partial charge in [-0.05, 0) is 54.3 Å². The molecule has 0 aliphatic carbocycles. The van der Waals surface area contributed by atoms with Crippen LogP contribution in [0.2, 0.25) is 0 Å². The number of rotatable bonds is 9. The first-order valence-corrected chi connectivity index (χ1v) is 11.8. The van der Waals surface area contributed by atoms with Gasteiger partial charge < -0.3 is 9.73 Å². The van der Waals surface area contributed by atoms with Crippen LogP contribution in [0.5, 0.6) is 0 Å². The molecule has 1 amide bonds. The molecule has 4 rings (SSSR count). The molecule has 0 aliphatic heterocycles. The molecule has 2 aromatic heterocycles. The summed E-state index contributed by atoms with van der Waals surface area (Å²) in [6.07, 6.45) is 2.64. The highest BCUT2D eigenvalue weighted by Crippen LogP contribution is 2.27. The average molecular weight is 465 g/mol. The van der Waals surface area contributed by atoms with Crippen LogP contribution in [0.3, 0.4) is 0 Å². The van der Waals surface area contributed by atoms with Crippen LogP contribution in [0, 0.1) is 5.82 Å². The molecule has 0 saturated carbocycles. The van der Waals surface area contributed by atoms with Gasteiger partial charge in [0.2, 0.25) is 5.91 Å². The number of anilines is 1. The normalized spacial score (nSPS) is 12.0. The Labute approximate surface area is 196 Å². The fourth-order valence-corrected chi connectivity index (χ4v) is 4.13. The van der Waals surface area contributed by atoms with Crippen molar-refractivity contribution in [3.63, 3.8) is 0 Å². The third kappa shape index (κ3) is 5.51. The van der Waals surface area contributed by atoms with Crippen molar-refractivity contribution < 1.29 is 13.6 Å². The first kappa shape index (κ1) is 22.8. The van der Waals surface area contributed by atoms with Gasteiger partial charge in [0.25, 0.3) is 0 Å². The highest BCUT2D eigenvalue weighted by molar-refractivity contribution is 7.99. The number of hydrogen-bond acceptors (Lipinski definition) is 5. The number of thioether (sulfide) groups is 1. The summed E-state index contributed by atoms with van der Waals surface area (Å²) in [5.41, 5.74) is 2.34. The van der Waals surface area contributed by atoms with Gasteiger partial charge in [-0.3, -0.25) is 9.36 Å². The fourth-order valence-electron chi connectivity index (χ4n) is 3.40. The second-order valence-corrected chi connectivity index (χ2v) is 8.66. The van der Waals surface area contributed by atoms with Gasteiger partial charge in [-0.15, -0.1) is 10.2 Å². The Balaban J connectivity index is 1.48. The zero-order valence-electron chi connectivity index (χ0n) is 18.5. The number of furan rings is 1. The standard InChI is InChI=1S/C25H25FN4O2S/c1-3-17(2)18-10-12-19(13-11-18)27-23(31)16-33-25-29-28-24(21-8-4-5-9-22(21)26)30(25)15-20-7-6-14-32-20/h4-14,17H,3,15-16H2,1-2H3,(H,27,31). The van der Waals surface area contributed by atoms with Gasteiger partial charge >= 0.3 is 0 Å². The van der Waals surface area contributed by atoms with Crippen molar-refractivity contribution in [3.05, 3.63) is 84.1 Å². The van der Waals surface area contributed by atoms with E-state index >= 15 is 0 Å². The average Bonchev–Trinajstić information content (AvgIpc) is 3.48. The van der Waals surface area contributed by atoms with Gasteiger partial charge in [0, 0.05) is 5.69 Å². The molecule has 0 fully saturated rings. The maximum atomic E-state index is 14.4. The van der Waals surface area contributed by atoms with Crippen molar-refractivity contribution in [1.29, 1.82) is 0 Å². The number of carbonyl (C=O) groups excluding carboxylic acids is 1. The minimum Gasteiger partial charge on any atom is -0.467 e. The van der Waals surface area contributed by atoms with E-state index in [-0.39, 0.29) is 17.5 Å². The first-order chi connectivity index (χ1) is 16.0. The summed E-state index contributed by atoms with van der Waals surface area (Å²) in [4.78, 5) is 12.6. The SMILES string of the molecule is CCC(C)c1ccc(NC(=O)CSc2nnc(-c3ccccc3F)n2Cc2ccco2)cc1. The molecular weight excluding hydrogens is 439 g/mol. The van der Waals surface area contributed by atoms with E-state index in [9.17, 15) is 9.18 Å². The summed E-state index contributed by atoms with van der Waals surface area (Å²) in [5.74, 6) is 1.14. The molecule has 0 spiro atoms. The summed E-state index contributed by atoms with van der Waals surface area (Å²) in [6, 6.07) is 17.9. The zero-order valence-corrected chi connectivity index (χ0v) is 19.3. The molecule has 0 aliphatic rings. The second-order valence-electron chi connectivity index (χ2n) is 7.72. The Morgan fingerprint density at radius 3 is 2.61 bits per heavy atom. The predicted molar refractivity (Wildman–Crippen MR) is 128 cm³/mol. The monoisotopic (exact) mass is 464 g/mol. The minimum absolute atomic E-state index is 0.140. The van der Waals surface area contributed by atoms with Crippen LogP contribution in [-0.4, -0.2) is 26.4 Å². The van der Waals surface area contributed by atoms with Gasteiger partial charge in [0.05, 0.1) is 24.1 Å². The third-order valence-corrected chi connectivity index (χ3v) is 6.40. The van der Waals surface area contributed by atoms with Crippen LogP contribution in [0.4, 0.5) is 10.1 Å². The van der Waals surface area contributed by atoms with E-state index in [1.807, 2.05) is 30.3 Å². The topological polar surface area (TPSA) is 73.0 Å². The number of nitrogens with zero attached hydrogens (tertiary/aromatic N) is 3. The Bertz CT molecular complexity index is 1210. The lowest BCUT2D eigenvalue weighted by Gasteiger charge is -2.11. The molecule has 0 radical (unpaired) electrons. The lowest BCUT2D eigenvalue weighted by atomic mass is 9.99. The highest BCUT2D eigenvalue weighted by atomic mass is 32.2. The van der Waals surface area contributed by atoms with Crippen molar-refractivity contribution in [1.82, 2.24) is 14.8 Å². The van der Waals surface area contributed by atoms with E-state index in [0.717, 1.165) is 12.1 Å². The molecule has 0 bridgehead atoms. The highest BCUT2D eigenvalue weighted by Gasteiger charge is 2.19. The summed E-state index contributed by atoms with van der Waals surface area (Å²) in [5, 5.41) is 11.8. The van der Waals surface area contributed by atoms with Crippen LogP contribution in [0.1, 0.15) is 37.5 Å². The Kier molecular flexibility index (Phi) is 7.24. The number of aromatic nitrogens is 3. The van der Waals surface area contributed by atoms with Crippen molar-refractivity contribution in [2.24, 2.45) is 0 Å². The Morgan fingerprint density at radius 2 is 1.91 bits per heavy atom. The lowest BCUT2D eigenvalue weighted by molar-refractivity contribution is -0.113. The van der Waals surface area contributed by atoms with E-state index in [1.54, 1.807) is 35.1 Å². The van der Waals surface area contributed by atoms with E-state index in [0.29, 0.717) is 34.8 Å². The van der Waals surface area contributed by atoms with Crippen molar-refractivity contribution in [2.45, 2.75) is 37.9 Å². The molecule has 1 unspecified atom stereocenters. The number of halogens is 1. The van der Waals surface area contributed by atoms with Gasteiger partial charge in [-0.25, -0.2) is 4.39 Å². The van der Waals surface area contributed by atoms with Crippen LogP contribution < -0.4 is 5.32 Å². The largest absolute Gasteiger partial charge is 0.467 e. The zero-order chi connectivity index (χ0) is 23.2. The molecule has 0 saturated heterocycles. The van der Waals surface area contributed by atoms with E-state index < -0.39 is 0 Å². The summed E-state index contributed by atoms with van der Waals surface area (Å²) in [7, 11) is 0. The molecule has 170 valence electrons. The van der Waals surface area contributed by atoms with Gasteiger partial charge in [0.1, 0.15) is 11.6 Å². The summed E-state index contributed by atoms with van der Waals surface area (Å²) in [6.45, 7) is 4.66. The Hall–Kier alpha value is -3.39. The number of nitrogens with one attached hydrogen (secondary N) is 1. The molecule has 33 heavy (non-hydrogen) atoms. The smallest absolute Gasteiger partial charge is 0.234 e. The number of benzene rings is 2. The molecule has 2 aromatic carbocycles. The minimum atomic E-state index is -0.388. The first-order valence-electron chi connectivity index (χ1n) is 10.8. The van der Waals surface area contributed by atoms with Crippen molar-refractivity contribution in [3.8, 4) is 11.4 Å². The summed E-state index contributed by atoms with van der Waals surface area (Å²) < 4.78 is 21.6. The van der Waals surface area contributed by atoms with Crippen LogP contribution >= 0.6 is 11.8 Å². The molecule has 4 aromatic rings. The molecule has 2 heterocycles. The van der Waals surface area contributed by atoms with Gasteiger partial charge in [-0.1, -0.05) is 49.9 Å². The summed E-state index contributed by atoms with van der Waals surface area (Å²) >= 11 is 1.24. The van der Waals surface area contributed by atoms with Crippen LogP contribution in [0.25, 0.3) is 11.4 Å².